The highest BCUT2D eigenvalue weighted by Crippen LogP contribution is 2.22. The predicted octanol–water partition coefficient (Wildman–Crippen LogP) is 8.62. The van der Waals surface area contributed by atoms with E-state index in [1.807, 2.05) is 13.8 Å². The quantitative estimate of drug-likeness (QED) is 0.0565. The summed E-state index contributed by atoms with van der Waals surface area (Å²) in [4.78, 5) is 0. The molecule has 1 rings (SSSR count). The molecule has 34 heavy (non-hydrogen) atoms. The minimum Gasteiger partial charge on any atom is -0.330 e. The molecular formula is C27H44F4O3. The maximum Gasteiger partial charge on any atom is 0.271 e. The van der Waals surface area contributed by atoms with E-state index in [4.69, 9.17) is 14.2 Å². The molecule has 0 aliphatic heterocycles. The molecule has 1 unspecified atom stereocenters. The zero-order valence-corrected chi connectivity index (χ0v) is 21.3. The smallest absolute Gasteiger partial charge is 0.271 e. The summed E-state index contributed by atoms with van der Waals surface area (Å²) in [6.07, 6.45) is 13.8. The fraction of sp³-hybridized carbons (Fsp3) is 0.778. The first-order valence-electron chi connectivity index (χ1n) is 13.1. The minimum atomic E-state index is -1.76. The van der Waals surface area contributed by atoms with Crippen molar-refractivity contribution in [2.75, 3.05) is 13.2 Å². The molecular weight excluding hydrogens is 448 g/mol. The van der Waals surface area contributed by atoms with E-state index in [0.717, 1.165) is 44.6 Å². The first-order valence-corrected chi connectivity index (χ1v) is 13.1. The number of benzene rings is 1. The summed E-state index contributed by atoms with van der Waals surface area (Å²) in [5, 5.41) is 0. The van der Waals surface area contributed by atoms with Crippen molar-refractivity contribution in [1.29, 1.82) is 0 Å². The number of unbranched alkanes of at least 4 members (excludes halogenated alkanes) is 9. The molecule has 7 heteroatoms. The zero-order valence-electron chi connectivity index (χ0n) is 21.3. The van der Waals surface area contributed by atoms with Crippen molar-refractivity contribution >= 4 is 0 Å². The van der Waals surface area contributed by atoms with Crippen LogP contribution in [0.15, 0.2) is 6.07 Å². The van der Waals surface area contributed by atoms with Crippen molar-refractivity contribution in [2.24, 2.45) is 0 Å². The molecule has 0 fully saturated rings. The van der Waals surface area contributed by atoms with Gasteiger partial charge >= 0.3 is 0 Å². The maximum atomic E-state index is 13.8. The average molecular weight is 493 g/mol. The van der Waals surface area contributed by atoms with Gasteiger partial charge in [0.25, 0.3) is 6.48 Å². The zero-order chi connectivity index (χ0) is 25.2. The van der Waals surface area contributed by atoms with Crippen LogP contribution in [0.3, 0.4) is 0 Å². The second-order valence-electron chi connectivity index (χ2n) is 8.78. The summed E-state index contributed by atoms with van der Waals surface area (Å²) in [5.74, 6) is -6.14. The first kappa shape index (κ1) is 30.9. The van der Waals surface area contributed by atoms with Gasteiger partial charge in [0, 0.05) is 13.2 Å². The van der Waals surface area contributed by atoms with Gasteiger partial charge in [0.15, 0.2) is 23.3 Å². The van der Waals surface area contributed by atoms with Crippen molar-refractivity contribution in [1.82, 2.24) is 0 Å². The summed E-state index contributed by atoms with van der Waals surface area (Å²) < 4.78 is 70.8. The van der Waals surface area contributed by atoms with E-state index in [0.29, 0.717) is 19.6 Å². The average Bonchev–Trinajstić information content (AvgIpc) is 2.82. The highest BCUT2D eigenvalue weighted by Gasteiger charge is 2.19. The van der Waals surface area contributed by atoms with Gasteiger partial charge in [0.2, 0.25) is 0 Å². The van der Waals surface area contributed by atoms with Crippen molar-refractivity contribution in [3.05, 3.63) is 34.9 Å². The normalized spacial score (nSPS) is 12.6. The Hall–Kier alpha value is -1.18. The van der Waals surface area contributed by atoms with Gasteiger partial charge < -0.3 is 14.2 Å². The van der Waals surface area contributed by atoms with Crippen molar-refractivity contribution in [3.63, 3.8) is 0 Å². The molecule has 0 saturated carbocycles. The van der Waals surface area contributed by atoms with Gasteiger partial charge in [-0.1, -0.05) is 71.1 Å². The van der Waals surface area contributed by atoms with E-state index >= 15 is 0 Å². The Morgan fingerprint density at radius 2 is 1.18 bits per heavy atom. The Kier molecular flexibility index (Phi) is 17.3. The second kappa shape index (κ2) is 19.1. The van der Waals surface area contributed by atoms with E-state index in [1.165, 1.54) is 38.5 Å². The molecule has 3 nitrogen and oxygen atoms in total. The molecule has 0 amide bonds. The Labute approximate surface area is 203 Å². The first-order chi connectivity index (χ1) is 16.4. The highest BCUT2D eigenvalue weighted by atomic mass is 19.2. The molecule has 0 aromatic heterocycles. The van der Waals surface area contributed by atoms with E-state index in [9.17, 15) is 17.6 Å². The van der Waals surface area contributed by atoms with Gasteiger partial charge in [0.05, 0.1) is 6.10 Å². The van der Waals surface area contributed by atoms with Gasteiger partial charge in [-0.25, -0.2) is 17.6 Å². The summed E-state index contributed by atoms with van der Waals surface area (Å²) in [6.45, 7) is 6.39. The lowest BCUT2D eigenvalue weighted by molar-refractivity contribution is -0.302. The number of ether oxygens (including phenoxy) is 3. The summed E-state index contributed by atoms with van der Waals surface area (Å²) in [6, 6.07) is 0.751. The molecule has 198 valence electrons. The topological polar surface area (TPSA) is 27.7 Å². The molecule has 0 aliphatic rings. The van der Waals surface area contributed by atoms with Crippen LogP contribution in [0.1, 0.15) is 110 Å². The van der Waals surface area contributed by atoms with E-state index in [2.05, 4.69) is 6.92 Å². The largest absolute Gasteiger partial charge is 0.330 e. The van der Waals surface area contributed by atoms with Crippen LogP contribution in [-0.2, 0) is 20.6 Å². The van der Waals surface area contributed by atoms with Gasteiger partial charge in [0.1, 0.15) is 0 Å². The molecule has 0 N–H and O–H groups in total. The molecule has 0 spiro atoms. The minimum absolute atomic E-state index is 0.0384. The van der Waals surface area contributed by atoms with Gasteiger partial charge in [-0.15, -0.1) is 0 Å². The second-order valence-corrected chi connectivity index (χ2v) is 8.78. The Bertz CT molecular complexity index is 651. The standard InChI is InChI=1S/C27H44F4O3/c1-4-7-8-9-10-11-15-18-22(34-27(32-5-2)33-6-3)19-16-13-12-14-17-21-20-23(28)25(30)26(31)24(21)29/h20,22,27H,4-19H2,1-3H3. The predicted molar refractivity (Wildman–Crippen MR) is 128 cm³/mol. The third kappa shape index (κ3) is 12.5. The van der Waals surface area contributed by atoms with Crippen LogP contribution in [0.5, 0.6) is 0 Å². The van der Waals surface area contributed by atoms with Gasteiger partial charge in [-0.3, -0.25) is 0 Å². The van der Waals surface area contributed by atoms with Crippen LogP contribution in [0.25, 0.3) is 0 Å². The lowest BCUT2D eigenvalue weighted by Crippen LogP contribution is -2.27. The van der Waals surface area contributed by atoms with Crippen LogP contribution in [-0.4, -0.2) is 25.8 Å². The fourth-order valence-electron chi connectivity index (χ4n) is 4.01. The molecule has 1 atom stereocenters. The Morgan fingerprint density at radius 1 is 0.647 bits per heavy atom. The van der Waals surface area contributed by atoms with Crippen LogP contribution < -0.4 is 0 Å². The molecule has 0 radical (unpaired) electrons. The molecule has 0 aliphatic carbocycles. The summed E-state index contributed by atoms with van der Waals surface area (Å²) in [7, 11) is 0. The van der Waals surface area contributed by atoms with Gasteiger partial charge in [-0.05, 0) is 51.2 Å². The van der Waals surface area contributed by atoms with Crippen LogP contribution in [0, 0.1) is 23.3 Å². The van der Waals surface area contributed by atoms with Crippen molar-refractivity contribution < 1.29 is 31.8 Å². The molecule has 1 aromatic carbocycles. The maximum absolute atomic E-state index is 13.8. The summed E-state index contributed by atoms with van der Waals surface area (Å²) >= 11 is 0. The Morgan fingerprint density at radius 3 is 1.74 bits per heavy atom. The number of rotatable bonds is 21. The molecule has 0 saturated heterocycles. The monoisotopic (exact) mass is 492 g/mol. The fourth-order valence-corrected chi connectivity index (χ4v) is 4.01. The van der Waals surface area contributed by atoms with Crippen molar-refractivity contribution in [3.8, 4) is 0 Å². The van der Waals surface area contributed by atoms with E-state index in [1.54, 1.807) is 0 Å². The van der Waals surface area contributed by atoms with Crippen LogP contribution >= 0.6 is 0 Å². The number of hydrogen-bond donors (Lipinski definition) is 0. The highest BCUT2D eigenvalue weighted by molar-refractivity contribution is 5.21. The van der Waals surface area contributed by atoms with Crippen LogP contribution in [0.2, 0.25) is 0 Å². The third-order valence-electron chi connectivity index (χ3n) is 5.94. The number of aryl methyl sites for hydroxylation is 1. The molecule has 0 bridgehead atoms. The lowest BCUT2D eigenvalue weighted by Gasteiger charge is -2.24. The summed E-state index contributed by atoms with van der Waals surface area (Å²) in [5.41, 5.74) is -0.118. The van der Waals surface area contributed by atoms with Crippen LogP contribution in [0.4, 0.5) is 17.6 Å². The lowest BCUT2D eigenvalue weighted by atomic mass is 10.0. The third-order valence-corrected chi connectivity index (χ3v) is 5.94. The van der Waals surface area contributed by atoms with E-state index in [-0.39, 0.29) is 18.1 Å². The SMILES string of the molecule is CCCCCCCCCC(CCCCCCc1cc(F)c(F)c(F)c1F)OC(OCC)OCC. The number of hydrogen-bond acceptors (Lipinski definition) is 3. The van der Waals surface area contributed by atoms with E-state index < -0.39 is 29.7 Å². The van der Waals surface area contributed by atoms with Gasteiger partial charge in [-0.2, -0.15) is 0 Å². The number of halogens is 4. The molecule has 1 aromatic rings. The molecule has 0 heterocycles. The Balaban J connectivity index is 2.41. The van der Waals surface area contributed by atoms with Crippen molar-refractivity contribution in [2.45, 2.75) is 123 Å².